The monoisotopic (exact) mass is 405 g/mol. The maximum absolute atomic E-state index is 13.7. The lowest BCUT2D eigenvalue weighted by Gasteiger charge is -2.16. The first-order valence-corrected chi connectivity index (χ1v) is 9.94. The SMILES string of the molecule is CC(C)c1cnn2c(NC[C@H](C)c3ccc(O)cc3)cc(-c3cncc(F)c3)nc12. The van der Waals surface area contributed by atoms with Gasteiger partial charge in [0.1, 0.15) is 17.4 Å². The third-order valence-electron chi connectivity index (χ3n) is 5.17. The number of rotatable bonds is 6. The van der Waals surface area contributed by atoms with Crippen LogP contribution < -0.4 is 5.32 Å². The molecule has 1 atom stereocenters. The molecule has 0 saturated heterocycles. The molecule has 3 aromatic heterocycles. The van der Waals surface area contributed by atoms with Crippen molar-refractivity contribution in [3.8, 4) is 17.0 Å². The summed E-state index contributed by atoms with van der Waals surface area (Å²) in [6, 6.07) is 10.5. The summed E-state index contributed by atoms with van der Waals surface area (Å²) in [4.78, 5) is 8.71. The van der Waals surface area contributed by atoms with E-state index in [0.717, 1.165) is 22.6 Å². The molecule has 7 heteroatoms. The van der Waals surface area contributed by atoms with E-state index in [-0.39, 0.29) is 17.6 Å². The lowest BCUT2D eigenvalue weighted by molar-refractivity contribution is 0.475. The van der Waals surface area contributed by atoms with Crippen LogP contribution in [0.2, 0.25) is 0 Å². The van der Waals surface area contributed by atoms with E-state index in [1.54, 1.807) is 22.8 Å². The Morgan fingerprint density at radius 2 is 1.83 bits per heavy atom. The number of aromatic nitrogens is 4. The zero-order valence-electron chi connectivity index (χ0n) is 17.2. The molecule has 0 bridgehead atoms. The molecule has 0 amide bonds. The van der Waals surface area contributed by atoms with Crippen LogP contribution in [-0.4, -0.2) is 31.2 Å². The molecule has 6 nitrogen and oxygen atoms in total. The molecular weight excluding hydrogens is 381 g/mol. The molecule has 4 aromatic rings. The van der Waals surface area contributed by atoms with Crippen molar-refractivity contribution in [2.75, 3.05) is 11.9 Å². The average Bonchev–Trinajstić information content (AvgIpc) is 3.16. The van der Waals surface area contributed by atoms with Gasteiger partial charge in [-0.1, -0.05) is 32.9 Å². The van der Waals surface area contributed by atoms with E-state index < -0.39 is 5.82 Å². The van der Waals surface area contributed by atoms with Gasteiger partial charge in [-0.15, -0.1) is 0 Å². The van der Waals surface area contributed by atoms with Gasteiger partial charge in [0.2, 0.25) is 0 Å². The summed E-state index contributed by atoms with van der Waals surface area (Å²) < 4.78 is 15.5. The van der Waals surface area contributed by atoms with Crippen LogP contribution in [0.5, 0.6) is 5.75 Å². The standard InChI is InChI=1S/C23H24FN5O/c1-14(2)20-13-27-29-22(26-10-15(3)16-4-6-19(30)7-5-16)9-21(28-23(20)29)17-8-18(24)12-25-11-17/h4-9,11-15,26,30H,10H2,1-3H3/t15-/m0/s1. The molecule has 0 saturated carbocycles. The first-order valence-electron chi connectivity index (χ1n) is 9.94. The highest BCUT2D eigenvalue weighted by atomic mass is 19.1. The summed E-state index contributed by atoms with van der Waals surface area (Å²) >= 11 is 0. The molecule has 0 aliphatic heterocycles. The second-order valence-electron chi connectivity index (χ2n) is 7.78. The number of anilines is 1. The highest BCUT2D eigenvalue weighted by molar-refractivity contribution is 5.67. The Bertz CT molecular complexity index is 1170. The fourth-order valence-corrected chi connectivity index (χ4v) is 3.39. The Kier molecular flexibility index (Phi) is 5.35. The van der Waals surface area contributed by atoms with Crippen molar-refractivity contribution in [3.63, 3.8) is 0 Å². The number of fused-ring (bicyclic) bond motifs is 1. The summed E-state index contributed by atoms with van der Waals surface area (Å²) in [6.45, 7) is 6.95. The highest BCUT2D eigenvalue weighted by Gasteiger charge is 2.16. The Morgan fingerprint density at radius 1 is 1.07 bits per heavy atom. The van der Waals surface area contributed by atoms with Gasteiger partial charge in [-0.05, 0) is 35.6 Å². The molecule has 1 aromatic carbocycles. The summed E-state index contributed by atoms with van der Waals surface area (Å²) in [5, 5.41) is 17.5. The van der Waals surface area contributed by atoms with Gasteiger partial charge in [0.25, 0.3) is 0 Å². The van der Waals surface area contributed by atoms with Gasteiger partial charge in [-0.25, -0.2) is 9.37 Å². The van der Waals surface area contributed by atoms with Gasteiger partial charge >= 0.3 is 0 Å². The molecule has 0 fully saturated rings. The van der Waals surface area contributed by atoms with Crippen molar-refractivity contribution in [2.24, 2.45) is 0 Å². The molecule has 0 aliphatic carbocycles. The molecule has 3 heterocycles. The minimum atomic E-state index is -0.401. The van der Waals surface area contributed by atoms with E-state index >= 15 is 0 Å². The number of pyridine rings is 1. The zero-order chi connectivity index (χ0) is 21.3. The number of aromatic hydroxyl groups is 1. The number of nitrogens with zero attached hydrogens (tertiary/aromatic N) is 4. The number of phenolic OH excluding ortho intramolecular Hbond substituents is 1. The van der Waals surface area contributed by atoms with E-state index in [9.17, 15) is 9.50 Å². The van der Waals surface area contributed by atoms with Crippen molar-refractivity contribution in [3.05, 3.63) is 71.9 Å². The van der Waals surface area contributed by atoms with Crippen LogP contribution in [0.3, 0.4) is 0 Å². The summed E-state index contributed by atoms with van der Waals surface area (Å²) in [6.07, 6.45) is 4.62. The van der Waals surface area contributed by atoms with Crippen LogP contribution in [0, 0.1) is 5.82 Å². The molecule has 0 spiro atoms. The predicted molar refractivity (Wildman–Crippen MR) is 115 cm³/mol. The molecule has 0 aliphatic rings. The van der Waals surface area contributed by atoms with Crippen LogP contribution in [0.15, 0.2) is 55.0 Å². The van der Waals surface area contributed by atoms with E-state index in [2.05, 4.69) is 36.2 Å². The maximum Gasteiger partial charge on any atom is 0.161 e. The van der Waals surface area contributed by atoms with Crippen molar-refractivity contribution < 1.29 is 9.50 Å². The Hall–Kier alpha value is -3.48. The first-order chi connectivity index (χ1) is 14.4. The Morgan fingerprint density at radius 3 is 2.53 bits per heavy atom. The molecule has 0 radical (unpaired) electrons. The van der Waals surface area contributed by atoms with Gasteiger partial charge in [0.15, 0.2) is 5.65 Å². The molecule has 30 heavy (non-hydrogen) atoms. The smallest absolute Gasteiger partial charge is 0.161 e. The predicted octanol–water partition coefficient (Wildman–Crippen LogP) is 4.98. The summed E-state index contributed by atoms with van der Waals surface area (Å²) in [5.74, 6) is 1.08. The maximum atomic E-state index is 13.7. The number of benzene rings is 1. The zero-order valence-corrected chi connectivity index (χ0v) is 17.2. The van der Waals surface area contributed by atoms with Crippen molar-refractivity contribution in [1.82, 2.24) is 19.6 Å². The van der Waals surface area contributed by atoms with Gasteiger partial charge in [0.05, 0.1) is 18.1 Å². The van der Waals surface area contributed by atoms with E-state index in [1.165, 1.54) is 12.3 Å². The van der Waals surface area contributed by atoms with Crippen LogP contribution in [0.25, 0.3) is 16.9 Å². The average molecular weight is 405 g/mol. The van der Waals surface area contributed by atoms with Crippen LogP contribution in [0.1, 0.15) is 43.7 Å². The number of halogens is 1. The largest absolute Gasteiger partial charge is 0.508 e. The topological polar surface area (TPSA) is 75.3 Å². The van der Waals surface area contributed by atoms with Crippen LogP contribution in [0.4, 0.5) is 10.2 Å². The number of hydrogen-bond acceptors (Lipinski definition) is 5. The number of phenols is 1. The second kappa shape index (κ2) is 8.10. The summed E-state index contributed by atoms with van der Waals surface area (Å²) in [7, 11) is 0. The lowest BCUT2D eigenvalue weighted by Crippen LogP contribution is -2.13. The quantitative estimate of drug-likeness (QED) is 0.473. The lowest BCUT2D eigenvalue weighted by atomic mass is 10.0. The van der Waals surface area contributed by atoms with E-state index in [1.807, 2.05) is 24.4 Å². The Balaban J connectivity index is 1.71. The van der Waals surface area contributed by atoms with E-state index in [4.69, 9.17) is 4.98 Å². The first kappa shape index (κ1) is 19.8. The molecule has 4 rings (SSSR count). The van der Waals surface area contributed by atoms with Crippen molar-refractivity contribution >= 4 is 11.5 Å². The normalized spacial score (nSPS) is 12.4. The molecular formula is C23H24FN5O. The minimum Gasteiger partial charge on any atom is -0.508 e. The minimum absolute atomic E-state index is 0.202. The van der Waals surface area contributed by atoms with Crippen LogP contribution >= 0.6 is 0 Å². The third-order valence-corrected chi connectivity index (χ3v) is 5.17. The molecule has 0 unspecified atom stereocenters. The van der Waals surface area contributed by atoms with Crippen molar-refractivity contribution in [2.45, 2.75) is 32.6 Å². The highest BCUT2D eigenvalue weighted by Crippen LogP contribution is 2.27. The fourth-order valence-electron chi connectivity index (χ4n) is 3.39. The molecule has 2 N–H and O–H groups in total. The third kappa shape index (κ3) is 3.96. The van der Waals surface area contributed by atoms with Gasteiger partial charge in [-0.3, -0.25) is 4.98 Å². The Labute approximate surface area is 174 Å². The number of nitrogens with one attached hydrogen (secondary N) is 1. The summed E-state index contributed by atoms with van der Waals surface area (Å²) in [5.41, 5.74) is 4.13. The second-order valence-corrected chi connectivity index (χ2v) is 7.78. The number of hydrogen-bond donors (Lipinski definition) is 2. The fraction of sp³-hybridized carbons (Fsp3) is 0.261. The van der Waals surface area contributed by atoms with E-state index in [0.29, 0.717) is 17.8 Å². The molecule has 154 valence electrons. The van der Waals surface area contributed by atoms with Gasteiger partial charge in [-0.2, -0.15) is 9.61 Å². The van der Waals surface area contributed by atoms with Gasteiger partial charge in [0, 0.05) is 29.9 Å². The van der Waals surface area contributed by atoms with Crippen LogP contribution in [-0.2, 0) is 0 Å². The van der Waals surface area contributed by atoms with Gasteiger partial charge < -0.3 is 10.4 Å². The van der Waals surface area contributed by atoms with Crippen molar-refractivity contribution in [1.29, 1.82) is 0 Å².